The maximum atomic E-state index is 13.7. The largest absolute Gasteiger partial charge is 0.411 e. The molecule has 100 valence electrons. The Hall–Kier alpha value is -1.76. The standard InChI is InChI=1S/C12H10BrFN2O3/c1-5(17)15-9-4-7(14)11(13)6-2-3-8(16-19)12(18)10(6)9/h4,19H,2-3H2,1H3,(H,15,17)/b16-8-. The third kappa shape index (κ3) is 2.37. The number of hydrogen-bond donors (Lipinski definition) is 2. The summed E-state index contributed by atoms with van der Waals surface area (Å²) < 4.78 is 13.9. The summed E-state index contributed by atoms with van der Waals surface area (Å²) in [5.74, 6) is -1.47. The molecule has 2 rings (SSSR count). The molecule has 0 saturated heterocycles. The van der Waals surface area contributed by atoms with Crippen LogP contribution in [0.25, 0.3) is 0 Å². The van der Waals surface area contributed by atoms with Gasteiger partial charge in [0.2, 0.25) is 11.7 Å². The van der Waals surface area contributed by atoms with Gasteiger partial charge in [0.25, 0.3) is 0 Å². The van der Waals surface area contributed by atoms with Gasteiger partial charge in [0.05, 0.1) is 15.7 Å². The van der Waals surface area contributed by atoms with Crippen LogP contribution < -0.4 is 5.32 Å². The maximum Gasteiger partial charge on any atom is 0.221 e. The van der Waals surface area contributed by atoms with Crippen molar-refractivity contribution in [2.24, 2.45) is 5.16 Å². The molecule has 2 N–H and O–H groups in total. The summed E-state index contributed by atoms with van der Waals surface area (Å²) in [6.45, 7) is 1.26. The average molecular weight is 329 g/mol. The van der Waals surface area contributed by atoms with Gasteiger partial charge < -0.3 is 10.5 Å². The zero-order valence-electron chi connectivity index (χ0n) is 9.96. The van der Waals surface area contributed by atoms with Crippen LogP contribution in [-0.4, -0.2) is 22.6 Å². The van der Waals surface area contributed by atoms with Gasteiger partial charge in [0.1, 0.15) is 11.5 Å². The van der Waals surface area contributed by atoms with Crippen molar-refractivity contribution in [1.82, 2.24) is 0 Å². The van der Waals surface area contributed by atoms with Crippen molar-refractivity contribution < 1.29 is 19.2 Å². The number of nitrogens with one attached hydrogen (secondary N) is 1. The fraction of sp³-hybridized carbons (Fsp3) is 0.250. The number of oxime groups is 1. The summed E-state index contributed by atoms with van der Waals surface area (Å²) in [6.07, 6.45) is 0.579. The highest BCUT2D eigenvalue weighted by Gasteiger charge is 2.30. The molecule has 1 aliphatic carbocycles. The Balaban J connectivity index is 2.67. The summed E-state index contributed by atoms with van der Waals surface area (Å²) in [4.78, 5) is 23.2. The Morgan fingerprint density at radius 3 is 2.79 bits per heavy atom. The van der Waals surface area contributed by atoms with Gasteiger partial charge in [-0.25, -0.2) is 4.39 Å². The highest BCUT2D eigenvalue weighted by molar-refractivity contribution is 9.10. The van der Waals surface area contributed by atoms with Crippen molar-refractivity contribution in [3.8, 4) is 0 Å². The van der Waals surface area contributed by atoms with Crippen LogP contribution in [0.4, 0.5) is 10.1 Å². The maximum absolute atomic E-state index is 13.7. The summed E-state index contributed by atoms with van der Waals surface area (Å²) in [7, 11) is 0. The minimum absolute atomic E-state index is 0.00221. The van der Waals surface area contributed by atoms with Crippen LogP contribution in [0.3, 0.4) is 0 Å². The van der Waals surface area contributed by atoms with E-state index in [4.69, 9.17) is 5.21 Å². The lowest BCUT2D eigenvalue weighted by molar-refractivity contribution is -0.114. The molecule has 19 heavy (non-hydrogen) atoms. The molecule has 0 radical (unpaired) electrons. The first-order chi connectivity index (χ1) is 8.95. The van der Waals surface area contributed by atoms with Gasteiger partial charge in [-0.15, -0.1) is 0 Å². The quantitative estimate of drug-likeness (QED) is 0.614. The number of carbonyl (C=O) groups excluding carboxylic acids is 2. The van der Waals surface area contributed by atoms with Crippen molar-refractivity contribution in [2.75, 3.05) is 5.32 Å². The van der Waals surface area contributed by atoms with E-state index in [0.717, 1.165) is 6.07 Å². The number of ketones is 1. The second kappa shape index (κ2) is 5.08. The van der Waals surface area contributed by atoms with Crippen LogP contribution >= 0.6 is 15.9 Å². The van der Waals surface area contributed by atoms with Crippen LogP contribution in [-0.2, 0) is 11.2 Å². The molecular weight excluding hydrogens is 319 g/mol. The molecule has 1 amide bonds. The number of anilines is 1. The molecule has 0 aromatic heterocycles. The van der Waals surface area contributed by atoms with Gasteiger partial charge in [-0.1, -0.05) is 5.16 Å². The third-order valence-electron chi connectivity index (χ3n) is 2.85. The number of nitrogens with zero attached hydrogens (tertiary/aromatic N) is 1. The summed E-state index contributed by atoms with van der Waals surface area (Å²) in [5, 5.41) is 14.1. The van der Waals surface area contributed by atoms with E-state index in [1.54, 1.807) is 0 Å². The predicted octanol–water partition coefficient (Wildman–Crippen LogP) is 2.51. The summed E-state index contributed by atoms with van der Waals surface area (Å²) in [6, 6.07) is 1.07. The lowest BCUT2D eigenvalue weighted by Gasteiger charge is -2.20. The highest BCUT2D eigenvalue weighted by atomic mass is 79.9. The zero-order chi connectivity index (χ0) is 14.2. The molecule has 0 atom stereocenters. The third-order valence-corrected chi connectivity index (χ3v) is 3.71. The van der Waals surface area contributed by atoms with E-state index in [9.17, 15) is 14.0 Å². The number of benzene rings is 1. The number of rotatable bonds is 1. The van der Waals surface area contributed by atoms with Crippen LogP contribution in [0.1, 0.15) is 29.3 Å². The van der Waals surface area contributed by atoms with Crippen LogP contribution in [0, 0.1) is 5.82 Å². The fourth-order valence-corrected chi connectivity index (χ4v) is 2.57. The van der Waals surface area contributed by atoms with Crippen molar-refractivity contribution in [3.05, 3.63) is 27.5 Å². The SMILES string of the molecule is CC(=O)Nc1cc(F)c(Br)c2c1C(=O)/C(=N\O)CC2. The van der Waals surface area contributed by atoms with Crippen molar-refractivity contribution >= 4 is 39.0 Å². The van der Waals surface area contributed by atoms with Crippen LogP contribution in [0.15, 0.2) is 15.7 Å². The molecule has 0 heterocycles. The normalized spacial score (nSPS) is 16.4. The number of hydrogen-bond acceptors (Lipinski definition) is 4. The second-order valence-electron chi connectivity index (χ2n) is 4.13. The second-order valence-corrected chi connectivity index (χ2v) is 4.92. The Labute approximate surface area is 116 Å². The smallest absolute Gasteiger partial charge is 0.221 e. The van der Waals surface area contributed by atoms with E-state index >= 15 is 0 Å². The molecule has 7 heteroatoms. The first-order valence-corrected chi connectivity index (χ1v) is 6.29. The zero-order valence-corrected chi connectivity index (χ0v) is 11.5. The molecule has 1 aromatic rings. The number of Topliss-reactive ketones (excluding diaryl/α,β-unsaturated/α-hetero) is 1. The molecule has 1 aliphatic rings. The predicted molar refractivity (Wildman–Crippen MR) is 70.3 cm³/mol. The monoisotopic (exact) mass is 328 g/mol. The molecule has 0 unspecified atom stereocenters. The van der Waals surface area contributed by atoms with Gasteiger partial charge in [-0.05, 0) is 34.0 Å². The van der Waals surface area contributed by atoms with E-state index < -0.39 is 17.5 Å². The topological polar surface area (TPSA) is 78.8 Å². The molecule has 0 spiro atoms. The average Bonchev–Trinajstić information content (AvgIpc) is 2.34. The Morgan fingerprint density at radius 1 is 1.53 bits per heavy atom. The fourth-order valence-electron chi connectivity index (χ4n) is 2.06. The molecule has 5 nitrogen and oxygen atoms in total. The van der Waals surface area contributed by atoms with E-state index in [-0.39, 0.29) is 27.9 Å². The van der Waals surface area contributed by atoms with Crippen molar-refractivity contribution in [2.45, 2.75) is 19.8 Å². The van der Waals surface area contributed by atoms with E-state index in [1.807, 2.05) is 0 Å². The van der Waals surface area contributed by atoms with Gasteiger partial charge in [-0.2, -0.15) is 0 Å². The number of carbonyl (C=O) groups is 2. The minimum Gasteiger partial charge on any atom is -0.411 e. The first kappa shape index (κ1) is 13.7. The lowest BCUT2D eigenvalue weighted by atomic mass is 9.87. The van der Waals surface area contributed by atoms with Crippen molar-refractivity contribution in [1.29, 1.82) is 0 Å². The number of halogens is 2. The Morgan fingerprint density at radius 2 is 2.21 bits per heavy atom. The minimum atomic E-state index is -0.556. The Kier molecular flexibility index (Phi) is 3.66. The van der Waals surface area contributed by atoms with Crippen LogP contribution in [0.5, 0.6) is 0 Å². The Bertz CT molecular complexity index is 613. The van der Waals surface area contributed by atoms with Gasteiger partial charge in [-0.3, -0.25) is 9.59 Å². The van der Waals surface area contributed by atoms with E-state index in [2.05, 4.69) is 26.4 Å². The number of amides is 1. The lowest BCUT2D eigenvalue weighted by Crippen LogP contribution is -2.25. The summed E-state index contributed by atoms with van der Waals surface area (Å²) in [5.41, 5.74) is 0.732. The highest BCUT2D eigenvalue weighted by Crippen LogP contribution is 2.35. The van der Waals surface area contributed by atoms with E-state index in [0.29, 0.717) is 12.0 Å². The van der Waals surface area contributed by atoms with E-state index in [1.165, 1.54) is 6.92 Å². The molecular formula is C12H10BrFN2O3. The molecule has 0 aliphatic heterocycles. The summed E-state index contributed by atoms with van der Waals surface area (Å²) >= 11 is 3.09. The van der Waals surface area contributed by atoms with Gasteiger partial charge >= 0.3 is 0 Å². The number of fused-ring (bicyclic) bond motifs is 1. The van der Waals surface area contributed by atoms with Crippen LogP contribution in [0.2, 0.25) is 0 Å². The van der Waals surface area contributed by atoms with Gasteiger partial charge in [0, 0.05) is 13.3 Å². The molecule has 0 bridgehead atoms. The first-order valence-electron chi connectivity index (χ1n) is 5.49. The molecule has 0 saturated carbocycles. The van der Waals surface area contributed by atoms with Crippen molar-refractivity contribution in [3.63, 3.8) is 0 Å². The molecule has 0 fully saturated rings. The molecule has 1 aromatic carbocycles. The van der Waals surface area contributed by atoms with Gasteiger partial charge in [0.15, 0.2) is 0 Å².